The molecule has 2 aromatic carbocycles. The molecule has 0 bridgehead atoms. The third-order valence-corrected chi connectivity index (χ3v) is 20.7. The van der Waals surface area contributed by atoms with Crippen molar-refractivity contribution >= 4 is 19.6 Å². The first-order valence-electron chi connectivity index (χ1n) is 22.9. The van der Waals surface area contributed by atoms with E-state index >= 15 is 17.6 Å². The molecule has 2 amide bonds. The summed E-state index contributed by atoms with van der Waals surface area (Å²) < 4.78 is 65.7. The molecule has 0 fully saturated rings. The number of benzene rings is 2. The first kappa shape index (κ1) is 48.4. The number of allylic oxidation sites excluding steroid dienone is 8. The molecule has 0 spiro atoms. The quantitative estimate of drug-likeness (QED) is 0.0467. The molecule has 2 N–H and O–H groups in total. The Morgan fingerprint density at radius 3 is 1.15 bits per heavy atom. The molecule has 0 aliphatic heterocycles. The molecule has 2 aliphatic carbocycles. The molecule has 59 heavy (non-hydrogen) atoms. The van der Waals surface area contributed by atoms with Gasteiger partial charge in [-0.05, 0) is 0 Å². The van der Waals surface area contributed by atoms with Gasteiger partial charge in [-0.2, -0.15) is 0 Å². The molecule has 324 valence electrons. The van der Waals surface area contributed by atoms with Gasteiger partial charge in [-0.3, -0.25) is 0 Å². The van der Waals surface area contributed by atoms with Crippen LogP contribution in [0.2, 0.25) is 8.45 Å². The Hall–Kier alpha value is -3.23. The van der Waals surface area contributed by atoms with E-state index in [1.165, 1.54) is 101 Å². The number of rotatable bonds is 30. The average molecular weight is 855 g/mol. The van der Waals surface area contributed by atoms with Crippen LogP contribution < -0.4 is 18.4 Å². The molecule has 2 aromatic rings. The number of nitrogens with one attached hydrogen (secondary N) is 2. The fraction of sp³-hybridized carbons (Fsp3) is 0.560. The normalized spacial score (nSPS) is 13.9. The van der Waals surface area contributed by atoms with E-state index in [0.29, 0.717) is 12.8 Å². The summed E-state index contributed by atoms with van der Waals surface area (Å²) in [6.45, 7) is 4.74. The van der Waals surface area contributed by atoms with E-state index < -0.39 is 48.3 Å². The predicted octanol–water partition coefficient (Wildman–Crippen LogP) is 12.3. The second-order valence-electron chi connectivity index (χ2n) is 16.6. The summed E-state index contributed by atoms with van der Waals surface area (Å²) >= 11 is -4.94. The van der Waals surface area contributed by atoms with Crippen molar-refractivity contribution in [3.63, 3.8) is 0 Å². The Balaban J connectivity index is 1.47. The van der Waals surface area contributed by atoms with Gasteiger partial charge in [-0.1, -0.05) is 78.1 Å². The molecule has 0 heterocycles. The average Bonchev–Trinajstić information content (AvgIpc) is 3.97. The van der Waals surface area contributed by atoms with Crippen molar-refractivity contribution in [1.29, 1.82) is 0 Å². The number of unbranched alkanes of at least 4 members (excludes halogenated alkanes) is 16. The Labute approximate surface area is 356 Å². The van der Waals surface area contributed by atoms with Crippen LogP contribution in [0.1, 0.15) is 153 Å². The van der Waals surface area contributed by atoms with Gasteiger partial charge in [0.15, 0.2) is 0 Å². The van der Waals surface area contributed by atoms with E-state index in [9.17, 15) is 9.59 Å². The zero-order valence-electron chi connectivity index (χ0n) is 35.9. The number of hydrogen-bond acceptors (Lipinski definition) is 2. The van der Waals surface area contributed by atoms with Gasteiger partial charge in [-0.15, -0.1) is 0 Å². The Morgan fingerprint density at radius 1 is 0.492 bits per heavy atom. The van der Waals surface area contributed by atoms with Crippen LogP contribution in [0, 0.1) is 23.3 Å². The first-order valence-corrected chi connectivity index (χ1v) is 26.3. The fourth-order valence-electron chi connectivity index (χ4n) is 8.86. The zero-order chi connectivity index (χ0) is 42.3. The van der Waals surface area contributed by atoms with Crippen LogP contribution in [-0.2, 0) is 39.0 Å². The van der Waals surface area contributed by atoms with E-state index in [1.54, 1.807) is 24.3 Å². The summed E-state index contributed by atoms with van der Waals surface area (Å²) in [6, 6.07) is 5.20. The van der Waals surface area contributed by atoms with E-state index in [0.717, 1.165) is 38.5 Å². The van der Waals surface area contributed by atoms with Crippen LogP contribution in [0.25, 0.3) is 0 Å². The summed E-state index contributed by atoms with van der Waals surface area (Å²) in [6.07, 6.45) is 36.1. The summed E-state index contributed by atoms with van der Waals surface area (Å²) in [5, 5.41) is 5.80. The third-order valence-electron chi connectivity index (χ3n) is 12.2. The van der Waals surface area contributed by atoms with Gasteiger partial charge in [0.25, 0.3) is 0 Å². The van der Waals surface area contributed by atoms with Gasteiger partial charge >= 0.3 is 280 Å². The van der Waals surface area contributed by atoms with E-state index in [-0.39, 0.29) is 56.6 Å². The molecule has 9 heteroatoms. The number of hydrogen-bond donors (Lipinski definition) is 2. The molecular weight excluding hydrogens is 784 g/mol. The monoisotopic (exact) mass is 854 g/mol. The van der Waals surface area contributed by atoms with Crippen LogP contribution in [0.3, 0.4) is 0 Å². The van der Waals surface area contributed by atoms with Crippen molar-refractivity contribution in [1.82, 2.24) is 10.6 Å². The van der Waals surface area contributed by atoms with Gasteiger partial charge in [0.2, 0.25) is 0 Å². The molecule has 0 atom stereocenters. The summed E-state index contributed by atoms with van der Waals surface area (Å²) in [7, 11) is 0. The van der Waals surface area contributed by atoms with Gasteiger partial charge < -0.3 is 0 Å². The van der Waals surface area contributed by atoms with E-state index in [2.05, 4.69) is 24.5 Å². The first-order chi connectivity index (χ1) is 28.7. The second-order valence-corrected chi connectivity index (χ2v) is 23.0. The number of carbonyl (C=O) groups is 2. The predicted molar refractivity (Wildman–Crippen MR) is 233 cm³/mol. The molecule has 4 rings (SSSR count). The van der Waals surface area contributed by atoms with Gasteiger partial charge in [0.1, 0.15) is 0 Å². The van der Waals surface area contributed by atoms with Crippen LogP contribution in [0.5, 0.6) is 0 Å². The SMILES string of the molecule is CCCCCCCCCCCC(=O)NCCc1ccc(F)[c]([Ti]([c]2c(F)ccc(CCNC(=O)CCCCCCCCCCC)c2F)([CH]2C=CC=C2)[CH]2C=CC=C2)c1F. The van der Waals surface area contributed by atoms with Crippen LogP contribution in [0.15, 0.2) is 72.9 Å². The van der Waals surface area contributed by atoms with Crippen molar-refractivity contribution in [2.75, 3.05) is 13.1 Å². The van der Waals surface area contributed by atoms with Crippen LogP contribution in [0.4, 0.5) is 17.6 Å². The molecule has 0 saturated carbocycles. The van der Waals surface area contributed by atoms with Gasteiger partial charge in [0, 0.05) is 0 Å². The van der Waals surface area contributed by atoms with Crippen molar-refractivity contribution < 1.29 is 43.7 Å². The van der Waals surface area contributed by atoms with E-state index in [4.69, 9.17) is 0 Å². The van der Waals surface area contributed by atoms with Crippen molar-refractivity contribution in [3.05, 3.63) is 107 Å². The van der Waals surface area contributed by atoms with Crippen molar-refractivity contribution in [3.8, 4) is 0 Å². The Kier molecular flexibility index (Phi) is 22.1. The standard InChI is InChI=1S/2C20H30F2NO.2C5H5.Ti/c2*1-2-3-4-5-6-7-8-9-10-11-20(24)23-15-14-17-12-13-18(21)16-19(17)22;2*1-2-4-5-3-1;/h2*12-13H,2-11,14-15H2,1H3,(H,23,24);2*1-5H;. The Morgan fingerprint density at radius 2 is 0.814 bits per heavy atom. The minimum atomic E-state index is -4.94. The van der Waals surface area contributed by atoms with Gasteiger partial charge in [-0.25, -0.2) is 0 Å². The molecular formula is C50H70F4N2O2Ti. The van der Waals surface area contributed by atoms with E-state index in [1.807, 2.05) is 24.3 Å². The number of carbonyl (C=O) groups excluding carboxylic acids is 2. The summed E-state index contributed by atoms with van der Waals surface area (Å²) in [5.41, 5.74) is 0.395. The third kappa shape index (κ3) is 14.4. The summed E-state index contributed by atoms with van der Waals surface area (Å²) in [5.74, 6) is -3.45. The Bertz CT molecular complexity index is 1590. The van der Waals surface area contributed by atoms with Gasteiger partial charge in [0.05, 0.1) is 0 Å². The topological polar surface area (TPSA) is 58.2 Å². The molecule has 2 aliphatic rings. The maximum absolute atomic E-state index is 17.2. The zero-order valence-corrected chi connectivity index (χ0v) is 37.4. The van der Waals surface area contributed by atoms with Crippen LogP contribution >= 0.6 is 0 Å². The van der Waals surface area contributed by atoms with Crippen LogP contribution in [-0.4, -0.2) is 24.9 Å². The molecule has 0 unspecified atom stereocenters. The summed E-state index contributed by atoms with van der Waals surface area (Å²) in [4.78, 5) is 25.4. The fourth-order valence-corrected chi connectivity index (χ4v) is 17.7. The molecule has 0 radical (unpaired) electrons. The maximum atomic E-state index is 17.2. The number of halogens is 4. The second kappa shape index (κ2) is 26.9. The molecule has 4 nitrogen and oxygen atoms in total. The molecule has 0 aromatic heterocycles. The van der Waals surface area contributed by atoms with Crippen molar-refractivity contribution in [2.45, 2.75) is 164 Å². The minimum absolute atomic E-state index is 0.106. The molecule has 0 saturated heterocycles. The van der Waals surface area contributed by atoms with Crippen molar-refractivity contribution in [2.24, 2.45) is 0 Å². The number of amides is 2.